The second-order valence-electron chi connectivity index (χ2n) is 7.48. The summed E-state index contributed by atoms with van der Waals surface area (Å²) in [6.07, 6.45) is 8.63. The van der Waals surface area contributed by atoms with E-state index in [1.165, 1.54) is 6.20 Å². The minimum Gasteiger partial charge on any atom is -0.326 e. The van der Waals surface area contributed by atoms with E-state index in [4.69, 9.17) is 11.0 Å². The van der Waals surface area contributed by atoms with E-state index >= 15 is 0 Å². The van der Waals surface area contributed by atoms with E-state index in [2.05, 4.69) is 21.1 Å². The number of carbonyl (C=O) groups is 1. The smallest absolute Gasteiger partial charge is 0.259 e. The molecule has 4 heterocycles. The minimum absolute atomic E-state index is 0.124. The fraction of sp³-hybridized carbons (Fsp3) is 0.174. The van der Waals surface area contributed by atoms with Gasteiger partial charge in [0, 0.05) is 42.3 Å². The van der Waals surface area contributed by atoms with Gasteiger partial charge in [-0.15, -0.1) is 0 Å². The van der Waals surface area contributed by atoms with Crippen molar-refractivity contribution in [2.45, 2.75) is 25.4 Å². The molecule has 8 heteroatoms. The Morgan fingerprint density at radius 1 is 1.16 bits per heavy atom. The number of hydrogen-bond donors (Lipinski definition) is 1. The molecule has 1 saturated carbocycles. The van der Waals surface area contributed by atoms with Gasteiger partial charge >= 0.3 is 0 Å². The maximum Gasteiger partial charge on any atom is 0.259 e. The van der Waals surface area contributed by atoms with Crippen LogP contribution in [0.2, 0.25) is 0 Å². The predicted octanol–water partition coefficient (Wildman–Crippen LogP) is 2.93. The molecule has 1 amide bonds. The predicted molar refractivity (Wildman–Crippen MR) is 115 cm³/mol. The summed E-state index contributed by atoms with van der Waals surface area (Å²) >= 11 is 0. The minimum atomic E-state index is -0.124. The average molecular weight is 409 g/mol. The quantitative estimate of drug-likeness (QED) is 0.542. The molecule has 0 unspecified atom stereocenters. The van der Waals surface area contributed by atoms with Crippen LogP contribution in [0.4, 0.5) is 5.82 Å². The Morgan fingerprint density at radius 3 is 2.68 bits per heavy atom. The molecule has 4 aromatic rings. The van der Waals surface area contributed by atoms with Crippen LogP contribution in [0, 0.1) is 11.3 Å². The maximum absolute atomic E-state index is 13.4. The first-order valence-electron chi connectivity index (χ1n) is 10.0. The van der Waals surface area contributed by atoms with Crippen LogP contribution in [0.25, 0.3) is 16.8 Å². The molecule has 4 aromatic heterocycles. The molecule has 1 fully saturated rings. The summed E-state index contributed by atoms with van der Waals surface area (Å²) in [5.41, 5.74) is 10.0. The molecule has 0 spiro atoms. The fourth-order valence-electron chi connectivity index (χ4n) is 3.54. The summed E-state index contributed by atoms with van der Waals surface area (Å²) < 4.78 is 1.73. The van der Waals surface area contributed by atoms with Crippen molar-refractivity contribution in [2.75, 3.05) is 4.90 Å². The zero-order valence-electron chi connectivity index (χ0n) is 16.6. The third kappa shape index (κ3) is 3.52. The van der Waals surface area contributed by atoms with Crippen LogP contribution in [-0.2, 0) is 6.54 Å². The van der Waals surface area contributed by atoms with Crippen molar-refractivity contribution in [1.82, 2.24) is 19.6 Å². The molecule has 2 N–H and O–H groups in total. The molecule has 0 saturated heterocycles. The number of amides is 1. The lowest BCUT2D eigenvalue weighted by Crippen LogP contribution is -2.33. The van der Waals surface area contributed by atoms with Crippen molar-refractivity contribution >= 4 is 17.2 Å². The number of rotatable bonds is 5. The van der Waals surface area contributed by atoms with Gasteiger partial charge in [-0.1, -0.05) is 6.07 Å². The molecule has 0 bridgehead atoms. The van der Waals surface area contributed by atoms with E-state index in [0.717, 1.165) is 35.2 Å². The van der Waals surface area contributed by atoms with Crippen molar-refractivity contribution in [3.63, 3.8) is 0 Å². The van der Waals surface area contributed by atoms with Crippen LogP contribution in [0.5, 0.6) is 0 Å². The number of hydrogen-bond acceptors (Lipinski definition) is 6. The summed E-state index contributed by atoms with van der Waals surface area (Å²) in [5, 5.41) is 13.4. The standard InChI is InChI=1S/C23H19N7O/c24-10-15-1-5-20(26-12-15)19-14-28-29-8-7-17(9-21(19)29)23(31)30(18-3-4-18)22-6-2-16(11-25)13-27-22/h1-2,5-9,12-14,18H,3-4,10,24H2. The highest BCUT2D eigenvalue weighted by atomic mass is 16.2. The van der Waals surface area contributed by atoms with Gasteiger partial charge in [-0.05, 0) is 48.7 Å². The SMILES string of the molecule is N#Cc1ccc(N(C(=O)c2ccn3ncc(-c4ccc(CN)cn4)c3c2)C2CC2)nc1. The molecule has 152 valence electrons. The molecule has 0 aliphatic heterocycles. The average Bonchev–Trinajstić information content (AvgIpc) is 3.57. The zero-order valence-corrected chi connectivity index (χ0v) is 16.6. The van der Waals surface area contributed by atoms with E-state index < -0.39 is 0 Å². The third-order valence-corrected chi connectivity index (χ3v) is 5.36. The van der Waals surface area contributed by atoms with E-state index in [-0.39, 0.29) is 11.9 Å². The fourth-order valence-corrected chi connectivity index (χ4v) is 3.54. The molecule has 0 aromatic carbocycles. The normalized spacial score (nSPS) is 13.2. The number of nitriles is 1. The monoisotopic (exact) mass is 409 g/mol. The first-order chi connectivity index (χ1) is 15.2. The Balaban J connectivity index is 1.52. The molecule has 5 rings (SSSR count). The molecule has 1 aliphatic carbocycles. The highest BCUT2D eigenvalue weighted by Crippen LogP contribution is 2.33. The Morgan fingerprint density at radius 2 is 2.03 bits per heavy atom. The molecule has 0 atom stereocenters. The van der Waals surface area contributed by atoms with Gasteiger partial charge in [0.2, 0.25) is 0 Å². The maximum atomic E-state index is 13.4. The van der Waals surface area contributed by atoms with Gasteiger partial charge in [0.15, 0.2) is 0 Å². The lowest BCUT2D eigenvalue weighted by atomic mass is 10.1. The molecular formula is C23H19N7O. The van der Waals surface area contributed by atoms with Crippen molar-refractivity contribution in [1.29, 1.82) is 5.26 Å². The number of nitrogens with two attached hydrogens (primary N) is 1. The van der Waals surface area contributed by atoms with Crippen LogP contribution in [0.3, 0.4) is 0 Å². The summed E-state index contributed by atoms with van der Waals surface area (Å²) in [7, 11) is 0. The Hall–Kier alpha value is -4.09. The lowest BCUT2D eigenvalue weighted by Gasteiger charge is -2.21. The number of aromatic nitrogens is 4. The summed E-state index contributed by atoms with van der Waals surface area (Å²) in [4.78, 5) is 24.0. The molecule has 8 nitrogen and oxygen atoms in total. The van der Waals surface area contributed by atoms with Gasteiger partial charge in [0.1, 0.15) is 11.9 Å². The Kier molecular flexibility index (Phi) is 4.65. The number of fused-ring (bicyclic) bond motifs is 1. The third-order valence-electron chi connectivity index (χ3n) is 5.36. The lowest BCUT2D eigenvalue weighted by molar-refractivity contribution is 0.0984. The summed E-state index contributed by atoms with van der Waals surface area (Å²) in [6.45, 7) is 0.432. The van der Waals surface area contributed by atoms with E-state index in [9.17, 15) is 4.79 Å². The van der Waals surface area contributed by atoms with Crippen molar-refractivity contribution < 1.29 is 4.79 Å². The van der Waals surface area contributed by atoms with Crippen molar-refractivity contribution in [3.8, 4) is 17.3 Å². The first kappa shape index (κ1) is 18.9. The number of nitrogens with zero attached hydrogens (tertiary/aromatic N) is 6. The van der Waals surface area contributed by atoms with Crippen LogP contribution < -0.4 is 10.6 Å². The van der Waals surface area contributed by atoms with Crippen LogP contribution >= 0.6 is 0 Å². The molecule has 1 aliphatic rings. The highest BCUT2D eigenvalue weighted by Gasteiger charge is 2.35. The summed E-state index contributed by atoms with van der Waals surface area (Å²) in [5.74, 6) is 0.431. The van der Waals surface area contributed by atoms with Gasteiger partial charge in [0.05, 0.1) is 23.0 Å². The number of pyridine rings is 3. The van der Waals surface area contributed by atoms with E-state index in [1.807, 2.05) is 18.2 Å². The van der Waals surface area contributed by atoms with Gasteiger partial charge in [-0.3, -0.25) is 14.7 Å². The summed E-state index contributed by atoms with van der Waals surface area (Å²) in [6, 6.07) is 13.0. The van der Waals surface area contributed by atoms with Gasteiger partial charge in [-0.2, -0.15) is 10.4 Å². The van der Waals surface area contributed by atoms with Crippen LogP contribution in [0.1, 0.15) is 34.3 Å². The van der Waals surface area contributed by atoms with Crippen LogP contribution in [0.15, 0.2) is 61.2 Å². The second kappa shape index (κ2) is 7.63. The largest absolute Gasteiger partial charge is 0.326 e. The van der Waals surface area contributed by atoms with Crippen molar-refractivity contribution in [2.24, 2.45) is 5.73 Å². The topological polar surface area (TPSA) is 113 Å². The number of carbonyl (C=O) groups excluding carboxylic acids is 1. The Labute approximate surface area is 178 Å². The molecule has 31 heavy (non-hydrogen) atoms. The molecular weight excluding hydrogens is 390 g/mol. The Bertz CT molecular complexity index is 1300. The van der Waals surface area contributed by atoms with Crippen LogP contribution in [-0.4, -0.2) is 31.5 Å². The van der Waals surface area contributed by atoms with E-state index in [0.29, 0.717) is 23.5 Å². The van der Waals surface area contributed by atoms with Gasteiger partial charge in [-0.25, -0.2) is 9.50 Å². The van der Waals surface area contributed by atoms with E-state index in [1.54, 1.807) is 46.2 Å². The highest BCUT2D eigenvalue weighted by molar-refractivity contribution is 6.07. The van der Waals surface area contributed by atoms with Crippen molar-refractivity contribution in [3.05, 3.63) is 77.9 Å². The number of anilines is 1. The zero-order chi connectivity index (χ0) is 21.4. The van der Waals surface area contributed by atoms with Gasteiger partial charge in [0.25, 0.3) is 5.91 Å². The first-order valence-corrected chi connectivity index (χ1v) is 10.0. The van der Waals surface area contributed by atoms with Gasteiger partial charge < -0.3 is 5.73 Å². The second-order valence-corrected chi connectivity index (χ2v) is 7.48. The molecule has 0 radical (unpaired) electrons.